The first-order valence-electron chi connectivity index (χ1n) is 7.46. The number of rotatable bonds is 7. The number of ether oxygens (including phenoxy) is 3. The summed E-state index contributed by atoms with van der Waals surface area (Å²) in [5.41, 5.74) is 2.13. The molecule has 0 fully saturated rings. The molecule has 1 heterocycles. The maximum absolute atomic E-state index is 5.46. The highest BCUT2D eigenvalue weighted by Gasteiger charge is 2.13. The van der Waals surface area contributed by atoms with Crippen molar-refractivity contribution in [1.29, 1.82) is 0 Å². The van der Waals surface area contributed by atoms with Crippen LogP contribution < -0.4 is 24.8 Å². The SMILES string of the molecule is CN=C(NCc1ccsc1)NCc1c(OC)cc(OC)cc1OC. The Hall–Kier alpha value is -2.41. The van der Waals surface area contributed by atoms with Crippen LogP contribution in [0.15, 0.2) is 34.0 Å². The van der Waals surface area contributed by atoms with Crippen LogP contribution in [0.3, 0.4) is 0 Å². The number of nitrogens with zero attached hydrogens (tertiary/aromatic N) is 1. The molecule has 130 valence electrons. The van der Waals surface area contributed by atoms with Gasteiger partial charge in [0.05, 0.1) is 33.4 Å². The number of hydrogen-bond acceptors (Lipinski definition) is 5. The molecule has 24 heavy (non-hydrogen) atoms. The van der Waals surface area contributed by atoms with Crippen molar-refractivity contribution >= 4 is 17.3 Å². The fourth-order valence-corrected chi connectivity index (χ4v) is 2.89. The third-order valence-electron chi connectivity index (χ3n) is 3.51. The first kappa shape index (κ1) is 17.9. The molecule has 2 aromatic rings. The molecule has 0 radical (unpaired) electrons. The topological polar surface area (TPSA) is 64.1 Å². The molecule has 1 aromatic heterocycles. The van der Waals surface area contributed by atoms with Crippen molar-refractivity contribution in [2.75, 3.05) is 28.4 Å². The molecule has 2 N–H and O–H groups in total. The van der Waals surface area contributed by atoms with Gasteiger partial charge in [0.15, 0.2) is 5.96 Å². The molecule has 0 amide bonds. The van der Waals surface area contributed by atoms with E-state index in [2.05, 4.69) is 32.5 Å². The van der Waals surface area contributed by atoms with Crippen molar-refractivity contribution in [3.63, 3.8) is 0 Å². The molecular weight excluding hydrogens is 326 g/mol. The standard InChI is InChI=1S/C17H23N3O3S/c1-18-17(19-9-12-5-6-24-11-12)20-10-14-15(22-3)7-13(21-2)8-16(14)23-4/h5-8,11H,9-10H2,1-4H3,(H2,18,19,20). The van der Waals surface area contributed by atoms with Gasteiger partial charge in [0.2, 0.25) is 0 Å². The smallest absolute Gasteiger partial charge is 0.191 e. The average molecular weight is 349 g/mol. The minimum atomic E-state index is 0.514. The molecule has 0 spiro atoms. The highest BCUT2D eigenvalue weighted by Crippen LogP contribution is 2.33. The molecule has 0 saturated carbocycles. The lowest BCUT2D eigenvalue weighted by Gasteiger charge is -2.17. The van der Waals surface area contributed by atoms with Gasteiger partial charge in [-0.2, -0.15) is 11.3 Å². The normalized spacial score (nSPS) is 11.1. The number of benzene rings is 1. The Balaban J connectivity index is 2.06. The van der Waals surface area contributed by atoms with Gasteiger partial charge in [0.25, 0.3) is 0 Å². The quantitative estimate of drug-likeness (QED) is 0.594. The number of methoxy groups -OCH3 is 3. The Morgan fingerprint density at radius 2 is 1.71 bits per heavy atom. The van der Waals surface area contributed by atoms with Gasteiger partial charge in [0, 0.05) is 25.7 Å². The van der Waals surface area contributed by atoms with E-state index >= 15 is 0 Å². The van der Waals surface area contributed by atoms with Crippen molar-refractivity contribution < 1.29 is 14.2 Å². The monoisotopic (exact) mass is 349 g/mol. The molecule has 0 unspecified atom stereocenters. The van der Waals surface area contributed by atoms with Crippen molar-refractivity contribution in [3.05, 3.63) is 40.1 Å². The first-order chi connectivity index (χ1) is 11.7. The lowest BCUT2D eigenvalue weighted by Crippen LogP contribution is -2.36. The van der Waals surface area contributed by atoms with Crippen LogP contribution in [0.25, 0.3) is 0 Å². The maximum atomic E-state index is 5.46. The fourth-order valence-electron chi connectivity index (χ4n) is 2.22. The summed E-state index contributed by atoms with van der Waals surface area (Å²) >= 11 is 1.68. The Morgan fingerprint density at radius 3 is 2.21 bits per heavy atom. The molecule has 0 aliphatic rings. The van der Waals surface area contributed by atoms with Gasteiger partial charge in [-0.15, -0.1) is 0 Å². The van der Waals surface area contributed by atoms with Crippen LogP contribution in [-0.2, 0) is 13.1 Å². The zero-order valence-electron chi connectivity index (χ0n) is 14.4. The van der Waals surface area contributed by atoms with Crippen LogP contribution in [0.2, 0.25) is 0 Å². The Labute approximate surface area is 146 Å². The van der Waals surface area contributed by atoms with E-state index in [1.165, 1.54) is 5.56 Å². The second-order valence-electron chi connectivity index (χ2n) is 4.92. The first-order valence-corrected chi connectivity index (χ1v) is 8.40. The van der Waals surface area contributed by atoms with E-state index in [1.54, 1.807) is 39.7 Å². The van der Waals surface area contributed by atoms with Gasteiger partial charge in [-0.05, 0) is 22.4 Å². The Bertz CT molecular complexity index is 647. The van der Waals surface area contributed by atoms with Gasteiger partial charge in [-0.3, -0.25) is 4.99 Å². The second kappa shape index (κ2) is 9.02. The number of guanidine groups is 1. The van der Waals surface area contributed by atoms with Crippen molar-refractivity contribution in [1.82, 2.24) is 10.6 Å². The lowest BCUT2D eigenvalue weighted by atomic mass is 10.1. The summed E-state index contributed by atoms with van der Waals surface area (Å²) in [6, 6.07) is 5.75. The second-order valence-corrected chi connectivity index (χ2v) is 5.70. The summed E-state index contributed by atoms with van der Waals surface area (Å²) in [6.45, 7) is 1.24. The molecule has 6 nitrogen and oxygen atoms in total. The van der Waals surface area contributed by atoms with Gasteiger partial charge in [-0.25, -0.2) is 0 Å². The van der Waals surface area contributed by atoms with Crippen molar-refractivity contribution in [2.24, 2.45) is 4.99 Å². The lowest BCUT2D eigenvalue weighted by molar-refractivity contribution is 0.368. The van der Waals surface area contributed by atoms with E-state index in [-0.39, 0.29) is 0 Å². The molecule has 1 aromatic carbocycles. The van der Waals surface area contributed by atoms with E-state index in [0.717, 1.165) is 12.1 Å². The number of nitrogens with one attached hydrogen (secondary N) is 2. The average Bonchev–Trinajstić information content (AvgIpc) is 3.14. The largest absolute Gasteiger partial charge is 0.496 e. The summed E-state index contributed by atoms with van der Waals surface area (Å²) in [6.07, 6.45) is 0. The van der Waals surface area contributed by atoms with E-state index in [1.807, 2.05) is 12.1 Å². The molecule has 0 atom stereocenters. The molecule has 0 aliphatic heterocycles. The Kier molecular flexibility index (Phi) is 6.74. The zero-order valence-corrected chi connectivity index (χ0v) is 15.2. The summed E-state index contributed by atoms with van der Waals surface area (Å²) < 4.78 is 16.2. The van der Waals surface area contributed by atoms with Crippen molar-refractivity contribution in [2.45, 2.75) is 13.1 Å². The molecular formula is C17H23N3O3S. The summed E-state index contributed by atoms with van der Waals surface area (Å²) in [7, 11) is 6.61. The predicted molar refractivity (Wildman–Crippen MR) is 97.5 cm³/mol. The van der Waals surface area contributed by atoms with Crippen LogP contribution in [0, 0.1) is 0 Å². The number of thiophene rings is 1. The molecule has 0 aliphatic carbocycles. The summed E-state index contributed by atoms with van der Waals surface area (Å²) in [4.78, 5) is 4.24. The minimum Gasteiger partial charge on any atom is -0.496 e. The van der Waals surface area contributed by atoms with Gasteiger partial charge in [-0.1, -0.05) is 0 Å². The molecule has 2 rings (SSSR count). The van der Waals surface area contributed by atoms with Crippen LogP contribution >= 0.6 is 11.3 Å². The minimum absolute atomic E-state index is 0.514. The zero-order chi connectivity index (χ0) is 17.4. The van der Waals surface area contributed by atoms with Gasteiger partial charge in [0.1, 0.15) is 17.2 Å². The highest BCUT2D eigenvalue weighted by molar-refractivity contribution is 7.07. The van der Waals surface area contributed by atoms with Gasteiger partial charge < -0.3 is 24.8 Å². The third-order valence-corrected chi connectivity index (χ3v) is 4.25. The van der Waals surface area contributed by atoms with E-state index < -0.39 is 0 Å². The molecule has 0 bridgehead atoms. The Morgan fingerprint density at radius 1 is 1.04 bits per heavy atom. The van der Waals surface area contributed by atoms with Crippen LogP contribution in [0.5, 0.6) is 17.2 Å². The summed E-state index contributed by atoms with van der Waals surface area (Å²) in [5, 5.41) is 10.7. The van der Waals surface area contributed by atoms with Gasteiger partial charge >= 0.3 is 0 Å². The number of aliphatic imine (C=N–C) groups is 1. The maximum Gasteiger partial charge on any atom is 0.191 e. The van der Waals surface area contributed by atoms with E-state index in [9.17, 15) is 0 Å². The highest BCUT2D eigenvalue weighted by atomic mass is 32.1. The number of hydrogen-bond donors (Lipinski definition) is 2. The van der Waals surface area contributed by atoms with Crippen molar-refractivity contribution in [3.8, 4) is 17.2 Å². The van der Waals surface area contributed by atoms with Crippen LogP contribution in [0.1, 0.15) is 11.1 Å². The van der Waals surface area contributed by atoms with E-state index in [4.69, 9.17) is 14.2 Å². The predicted octanol–water partition coefficient (Wildman–Crippen LogP) is 2.64. The van der Waals surface area contributed by atoms with Crippen LogP contribution in [0.4, 0.5) is 0 Å². The molecule has 7 heteroatoms. The third kappa shape index (κ3) is 4.55. The summed E-state index contributed by atoms with van der Waals surface area (Å²) in [5.74, 6) is 2.80. The molecule has 0 saturated heterocycles. The van der Waals surface area contributed by atoms with E-state index in [0.29, 0.717) is 29.8 Å². The van der Waals surface area contributed by atoms with Crippen LogP contribution in [-0.4, -0.2) is 34.3 Å². The fraction of sp³-hybridized carbons (Fsp3) is 0.353.